The van der Waals surface area contributed by atoms with Crippen LogP contribution in [0.3, 0.4) is 0 Å². The Morgan fingerprint density at radius 2 is 2.31 bits per heavy atom. The summed E-state index contributed by atoms with van der Waals surface area (Å²) in [4.78, 5) is 11.0. The first-order valence-corrected chi connectivity index (χ1v) is 5.73. The van der Waals surface area contributed by atoms with Gasteiger partial charge in [0.2, 0.25) is 0 Å². The van der Waals surface area contributed by atoms with Gasteiger partial charge in [-0.2, -0.15) is 0 Å². The maximum absolute atomic E-state index is 10.8. The van der Waals surface area contributed by atoms with Crippen molar-refractivity contribution in [2.45, 2.75) is 11.3 Å². The van der Waals surface area contributed by atoms with Gasteiger partial charge < -0.3 is 9.84 Å². The summed E-state index contributed by atoms with van der Waals surface area (Å²) in [6, 6.07) is 4.76. The number of nitro benzene ring substituents is 1. The molecule has 0 aliphatic rings. The van der Waals surface area contributed by atoms with E-state index in [1.807, 2.05) is 0 Å². The molecule has 0 unspecified atom stereocenters. The van der Waals surface area contributed by atoms with Gasteiger partial charge in [-0.05, 0) is 18.6 Å². The Kier molecular flexibility index (Phi) is 5.07. The van der Waals surface area contributed by atoms with Crippen LogP contribution in [0.5, 0.6) is 5.75 Å². The third-order valence-corrected chi connectivity index (χ3v) is 3.07. The van der Waals surface area contributed by atoms with Crippen molar-refractivity contribution in [2.75, 3.05) is 19.5 Å². The predicted octanol–water partition coefficient (Wildman–Crippen LogP) is 2.08. The molecule has 0 spiro atoms. The minimum Gasteiger partial charge on any atom is -0.497 e. The summed E-state index contributed by atoms with van der Waals surface area (Å²) in [5.41, 5.74) is 0.0438. The lowest BCUT2D eigenvalue weighted by atomic mass is 10.3. The number of methoxy groups -OCH3 is 1. The van der Waals surface area contributed by atoms with E-state index in [4.69, 9.17) is 9.84 Å². The molecule has 0 fully saturated rings. The van der Waals surface area contributed by atoms with Crippen molar-refractivity contribution in [1.82, 2.24) is 0 Å². The zero-order chi connectivity index (χ0) is 12.0. The van der Waals surface area contributed by atoms with E-state index >= 15 is 0 Å². The average Bonchev–Trinajstić information content (AvgIpc) is 2.29. The lowest BCUT2D eigenvalue weighted by Crippen LogP contribution is -1.94. The SMILES string of the molecule is COc1ccc(SCCCO)c([N+](=O)[O-])c1. The molecular formula is C10H13NO4S. The van der Waals surface area contributed by atoms with Crippen molar-refractivity contribution < 1.29 is 14.8 Å². The van der Waals surface area contributed by atoms with Crippen molar-refractivity contribution in [3.63, 3.8) is 0 Å². The maximum Gasteiger partial charge on any atom is 0.286 e. The Hall–Kier alpha value is -1.27. The van der Waals surface area contributed by atoms with Crippen molar-refractivity contribution in [1.29, 1.82) is 0 Å². The number of nitrogens with zero attached hydrogens (tertiary/aromatic N) is 1. The lowest BCUT2D eigenvalue weighted by molar-refractivity contribution is -0.387. The topological polar surface area (TPSA) is 72.6 Å². The van der Waals surface area contributed by atoms with Gasteiger partial charge in [0.05, 0.1) is 23.0 Å². The fourth-order valence-electron chi connectivity index (χ4n) is 1.14. The number of aliphatic hydroxyl groups is 1. The third-order valence-electron chi connectivity index (χ3n) is 1.92. The molecule has 0 saturated carbocycles. The summed E-state index contributed by atoms with van der Waals surface area (Å²) in [5.74, 6) is 1.13. The van der Waals surface area contributed by atoms with Crippen LogP contribution in [0.4, 0.5) is 5.69 Å². The van der Waals surface area contributed by atoms with Crippen LogP contribution in [0.25, 0.3) is 0 Å². The molecule has 0 bridgehead atoms. The highest BCUT2D eigenvalue weighted by Crippen LogP contribution is 2.32. The molecule has 0 heterocycles. The Bertz CT molecular complexity index is 370. The number of hydrogen-bond donors (Lipinski definition) is 1. The smallest absolute Gasteiger partial charge is 0.286 e. The Balaban J connectivity index is 2.85. The number of ether oxygens (including phenoxy) is 1. The second-order valence-corrected chi connectivity index (χ2v) is 4.15. The molecule has 5 nitrogen and oxygen atoms in total. The van der Waals surface area contributed by atoms with Gasteiger partial charge in [-0.25, -0.2) is 0 Å². The van der Waals surface area contributed by atoms with Gasteiger partial charge in [0.15, 0.2) is 0 Å². The third kappa shape index (κ3) is 3.39. The molecular weight excluding hydrogens is 230 g/mol. The van der Waals surface area contributed by atoms with Crippen LogP contribution in [-0.2, 0) is 0 Å². The first-order chi connectivity index (χ1) is 7.69. The van der Waals surface area contributed by atoms with Gasteiger partial charge in [0.25, 0.3) is 5.69 Å². The Labute approximate surface area is 97.6 Å². The number of hydrogen-bond acceptors (Lipinski definition) is 5. The Morgan fingerprint density at radius 1 is 1.56 bits per heavy atom. The minimum atomic E-state index is -0.427. The van der Waals surface area contributed by atoms with E-state index in [0.717, 1.165) is 0 Å². The summed E-state index contributed by atoms with van der Waals surface area (Å²) in [7, 11) is 1.47. The van der Waals surface area contributed by atoms with Crippen LogP contribution < -0.4 is 4.74 Å². The van der Waals surface area contributed by atoms with Crippen molar-refractivity contribution >= 4 is 17.4 Å². The molecule has 0 aliphatic carbocycles. The molecule has 1 aromatic rings. The molecule has 0 aromatic heterocycles. The summed E-state index contributed by atoms with van der Waals surface area (Å²) >= 11 is 1.36. The molecule has 6 heteroatoms. The summed E-state index contributed by atoms with van der Waals surface area (Å²) in [6.07, 6.45) is 0.619. The molecule has 0 aliphatic heterocycles. The van der Waals surface area contributed by atoms with Gasteiger partial charge in [0.1, 0.15) is 5.75 Å². The van der Waals surface area contributed by atoms with Crippen LogP contribution in [0.2, 0.25) is 0 Å². The zero-order valence-electron chi connectivity index (χ0n) is 8.88. The van der Waals surface area contributed by atoms with Crippen LogP contribution in [0.15, 0.2) is 23.1 Å². The highest BCUT2D eigenvalue weighted by Gasteiger charge is 2.15. The van der Waals surface area contributed by atoms with Gasteiger partial charge in [-0.3, -0.25) is 10.1 Å². The second-order valence-electron chi connectivity index (χ2n) is 3.02. The quantitative estimate of drug-likeness (QED) is 0.358. The van der Waals surface area contributed by atoms with Crippen molar-refractivity contribution in [2.24, 2.45) is 0 Å². The lowest BCUT2D eigenvalue weighted by Gasteiger charge is -2.04. The zero-order valence-corrected chi connectivity index (χ0v) is 9.70. The van der Waals surface area contributed by atoms with E-state index in [-0.39, 0.29) is 12.3 Å². The number of rotatable bonds is 6. The van der Waals surface area contributed by atoms with Gasteiger partial charge >= 0.3 is 0 Å². The van der Waals surface area contributed by atoms with Crippen LogP contribution in [-0.4, -0.2) is 29.5 Å². The van der Waals surface area contributed by atoms with Gasteiger partial charge in [-0.15, -0.1) is 11.8 Å². The fraction of sp³-hybridized carbons (Fsp3) is 0.400. The highest BCUT2D eigenvalue weighted by atomic mass is 32.2. The normalized spacial score (nSPS) is 10.1. The summed E-state index contributed by atoms with van der Waals surface area (Å²) in [6.45, 7) is 0.0942. The van der Waals surface area contributed by atoms with Crippen LogP contribution in [0.1, 0.15) is 6.42 Å². The molecule has 16 heavy (non-hydrogen) atoms. The molecule has 0 saturated heterocycles. The Morgan fingerprint density at radius 3 is 2.88 bits per heavy atom. The molecule has 1 aromatic carbocycles. The first kappa shape index (κ1) is 12.8. The van der Waals surface area contributed by atoms with E-state index in [9.17, 15) is 10.1 Å². The second kappa shape index (κ2) is 6.34. The highest BCUT2D eigenvalue weighted by molar-refractivity contribution is 7.99. The average molecular weight is 243 g/mol. The number of thioether (sulfide) groups is 1. The maximum atomic E-state index is 10.8. The van der Waals surface area contributed by atoms with Gasteiger partial charge in [0, 0.05) is 12.4 Å². The van der Waals surface area contributed by atoms with Crippen molar-refractivity contribution in [3.8, 4) is 5.75 Å². The van der Waals surface area contributed by atoms with E-state index in [1.54, 1.807) is 12.1 Å². The summed E-state index contributed by atoms with van der Waals surface area (Å²) in [5, 5.41) is 19.4. The van der Waals surface area contributed by atoms with Crippen LogP contribution in [0, 0.1) is 10.1 Å². The van der Waals surface area contributed by atoms with Crippen molar-refractivity contribution in [3.05, 3.63) is 28.3 Å². The molecule has 88 valence electrons. The monoisotopic (exact) mass is 243 g/mol. The number of aliphatic hydroxyl groups excluding tert-OH is 1. The number of benzene rings is 1. The molecule has 1 rings (SSSR count). The molecule has 0 atom stereocenters. The molecule has 0 amide bonds. The molecule has 0 radical (unpaired) electrons. The van der Waals surface area contributed by atoms with Crippen LogP contribution >= 0.6 is 11.8 Å². The largest absolute Gasteiger partial charge is 0.497 e. The molecule has 1 N–H and O–H groups in total. The first-order valence-electron chi connectivity index (χ1n) is 4.75. The standard InChI is InChI=1S/C10H13NO4S/c1-15-8-3-4-10(16-6-2-5-12)9(7-8)11(13)14/h3-4,7,12H,2,5-6H2,1H3. The van der Waals surface area contributed by atoms with E-state index in [2.05, 4.69) is 0 Å². The summed E-state index contributed by atoms with van der Waals surface area (Å²) < 4.78 is 4.93. The number of nitro groups is 1. The fourth-order valence-corrected chi connectivity index (χ4v) is 2.07. The predicted molar refractivity (Wildman–Crippen MR) is 62.1 cm³/mol. The van der Waals surface area contributed by atoms with Gasteiger partial charge in [-0.1, -0.05) is 0 Å². The minimum absolute atomic E-state index is 0.0438. The van der Waals surface area contributed by atoms with E-state index in [1.165, 1.54) is 24.9 Å². The van der Waals surface area contributed by atoms with E-state index in [0.29, 0.717) is 22.8 Å². The van der Waals surface area contributed by atoms with E-state index < -0.39 is 4.92 Å².